The topological polar surface area (TPSA) is 73.4 Å². The van der Waals surface area contributed by atoms with Gasteiger partial charge < -0.3 is 15.0 Å². The lowest BCUT2D eigenvalue weighted by Crippen LogP contribution is -2.57. The lowest BCUT2D eigenvalue weighted by molar-refractivity contribution is -0.0970. The molecule has 5 nitrogen and oxygen atoms in total. The van der Waals surface area contributed by atoms with Crippen LogP contribution in [0, 0.1) is 5.41 Å². The monoisotopic (exact) mass is 314 g/mol. The molecule has 1 aromatic heterocycles. The highest BCUT2D eigenvalue weighted by Crippen LogP contribution is 2.38. The second kappa shape index (κ2) is 5.20. The number of carbonyl (C=O) groups excluding carboxylic acids is 1. The lowest BCUT2D eigenvalue weighted by atomic mass is 9.71. The highest BCUT2D eigenvalue weighted by Gasteiger charge is 2.45. The zero-order valence-electron chi connectivity index (χ0n) is 13.7. The second-order valence-electron chi connectivity index (χ2n) is 7.21. The third-order valence-electron chi connectivity index (χ3n) is 5.24. The summed E-state index contributed by atoms with van der Waals surface area (Å²) < 4.78 is 0. The molecule has 2 N–H and O–H groups in total. The molecule has 1 saturated heterocycles. The fourth-order valence-electron chi connectivity index (χ4n) is 3.15. The molecule has 1 fully saturated rings. The van der Waals surface area contributed by atoms with Crippen LogP contribution in [0.4, 0.5) is 0 Å². The Balaban J connectivity index is 1.99. The van der Waals surface area contributed by atoms with Crippen LogP contribution < -0.4 is 5.56 Å². The molecule has 1 atom stereocenters. The SMILES string of the molecule is CC1(C)CN(C(=O)c2c[nH]c(=O)c3ccccc23)CC[C@]1(C)O. The number of hydrogen-bond donors (Lipinski definition) is 2. The summed E-state index contributed by atoms with van der Waals surface area (Å²) in [5, 5.41) is 11.7. The predicted molar refractivity (Wildman–Crippen MR) is 89.5 cm³/mol. The van der Waals surface area contributed by atoms with Crippen LogP contribution in [0.2, 0.25) is 0 Å². The number of pyridine rings is 1. The average Bonchev–Trinajstić information content (AvgIpc) is 2.50. The number of aliphatic hydroxyl groups is 1. The van der Waals surface area contributed by atoms with Crippen molar-refractivity contribution in [3.05, 3.63) is 46.4 Å². The quantitative estimate of drug-likeness (QED) is 0.847. The summed E-state index contributed by atoms with van der Waals surface area (Å²) >= 11 is 0. The van der Waals surface area contributed by atoms with Gasteiger partial charge in [-0.05, 0) is 19.4 Å². The number of piperidine rings is 1. The Kier molecular flexibility index (Phi) is 3.56. The highest BCUT2D eigenvalue weighted by atomic mass is 16.3. The van der Waals surface area contributed by atoms with Gasteiger partial charge in [-0.2, -0.15) is 0 Å². The van der Waals surface area contributed by atoms with Crippen LogP contribution in [-0.4, -0.2) is 39.6 Å². The fraction of sp³-hybridized carbons (Fsp3) is 0.444. The van der Waals surface area contributed by atoms with Gasteiger partial charge in [-0.15, -0.1) is 0 Å². The third kappa shape index (κ3) is 2.55. The van der Waals surface area contributed by atoms with Crippen molar-refractivity contribution >= 4 is 16.7 Å². The summed E-state index contributed by atoms with van der Waals surface area (Å²) in [6, 6.07) is 7.12. The molecule has 122 valence electrons. The molecule has 23 heavy (non-hydrogen) atoms. The van der Waals surface area contributed by atoms with Crippen LogP contribution in [0.3, 0.4) is 0 Å². The highest BCUT2D eigenvalue weighted by molar-refractivity contribution is 6.06. The standard InChI is InChI=1S/C18H22N2O3/c1-17(2)11-20(9-8-18(17,3)23)16(22)14-10-19-15(21)13-7-5-4-6-12(13)14/h4-7,10,23H,8-9,11H2,1-3H3,(H,19,21)/t18-/m0/s1. The summed E-state index contributed by atoms with van der Waals surface area (Å²) in [5.74, 6) is -0.110. The summed E-state index contributed by atoms with van der Waals surface area (Å²) in [4.78, 5) is 29.3. The average molecular weight is 314 g/mol. The van der Waals surface area contributed by atoms with Crippen LogP contribution in [0.1, 0.15) is 37.6 Å². The Morgan fingerprint density at radius 2 is 1.87 bits per heavy atom. The van der Waals surface area contributed by atoms with Gasteiger partial charge in [0.2, 0.25) is 0 Å². The number of H-pyrrole nitrogens is 1. The molecule has 2 heterocycles. The van der Waals surface area contributed by atoms with Gasteiger partial charge in [0, 0.05) is 35.5 Å². The van der Waals surface area contributed by atoms with Gasteiger partial charge >= 0.3 is 0 Å². The zero-order valence-corrected chi connectivity index (χ0v) is 13.7. The summed E-state index contributed by atoms with van der Waals surface area (Å²) in [6.07, 6.45) is 2.03. The number of likely N-dealkylation sites (tertiary alicyclic amines) is 1. The lowest BCUT2D eigenvalue weighted by Gasteiger charge is -2.48. The smallest absolute Gasteiger partial charge is 0.255 e. The molecule has 1 amide bonds. The molecule has 0 bridgehead atoms. The van der Waals surface area contributed by atoms with E-state index in [1.165, 1.54) is 6.20 Å². The van der Waals surface area contributed by atoms with Crippen LogP contribution in [0.25, 0.3) is 10.8 Å². The Hall–Kier alpha value is -2.14. The number of fused-ring (bicyclic) bond motifs is 1. The van der Waals surface area contributed by atoms with Crippen LogP contribution in [0.5, 0.6) is 0 Å². The van der Waals surface area contributed by atoms with Gasteiger partial charge in [0.15, 0.2) is 0 Å². The normalized spacial score (nSPS) is 23.9. The molecule has 0 spiro atoms. The first-order chi connectivity index (χ1) is 10.7. The number of rotatable bonds is 1. The van der Waals surface area contributed by atoms with Crippen molar-refractivity contribution < 1.29 is 9.90 Å². The van der Waals surface area contributed by atoms with Gasteiger partial charge in [0.05, 0.1) is 11.2 Å². The maximum Gasteiger partial charge on any atom is 0.255 e. The van der Waals surface area contributed by atoms with E-state index in [-0.39, 0.29) is 16.9 Å². The number of aromatic nitrogens is 1. The minimum absolute atomic E-state index is 0.110. The molecule has 5 heteroatoms. The molecular formula is C18H22N2O3. The summed E-state index contributed by atoms with van der Waals surface area (Å²) in [7, 11) is 0. The van der Waals surface area contributed by atoms with Gasteiger partial charge in [0.1, 0.15) is 0 Å². The number of carbonyl (C=O) groups is 1. The van der Waals surface area contributed by atoms with E-state index >= 15 is 0 Å². The maximum absolute atomic E-state index is 12.9. The van der Waals surface area contributed by atoms with Crippen molar-refractivity contribution in [2.24, 2.45) is 5.41 Å². The number of hydrogen-bond acceptors (Lipinski definition) is 3. The van der Waals surface area contributed by atoms with Crippen molar-refractivity contribution in [1.82, 2.24) is 9.88 Å². The molecule has 3 rings (SSSR count). The van der Waals surface area contributed by atoms with Crippen molar-refractivity contribution in [1.29, 1.82) is 0 Å². The van der Waals surface area contributed by atoms with Crippen LogP contribution >= 0.6 is 0 Å². The van der Waals surface area contributed by atoms with Gasteiger partial charge in [-0.3, -0.25) is 9.59 Å². The molecule has 1 aliphatic rings. The minimum Gasteiger partial charge on any atom is -0.389 e. The fourth-order valence-corrected chi connectivity index (χ4v) is 3.15. The molecular weight excluding hydrogens is 292 g/mol. The van der Waals surface area contributed by atoms with E-state index in [9.17, 15) is 14.7 Å². The van der Waals surface area contributed by atoms with Gasteiger partial charge in [0.25, 0.3) is 11.5 Å². The predicted octanol–water partition coefficient (Wildman–Crippen LogP) is 2.15. The van der Waals surface area contributed by atoms with Crippen molar-refractivity contribution in [2.45, 2.75) is 32.8 Å². The Morgan fingerprint density at radius 3 is 2.52 bits per heavy atom. The Bertz CT molecular complexity index is 820. The third-order valence-corrected chi connectivity index (χ3v) is 5.24. The molecule has 1 aromatic carbocycles. The number of amides is 1. The molecule has 0 radical (unpaired) electrons. The second-order valence-corrected chi connectivity index (χ2v) is 7.21. The summed E-state index contributed by atoms with van der Waals surface area (Å²) in [6.45, 7) is 6.74. The van der Waals surface area contributed by atoms with Crippen molar-refractivity contribution in [2.75, 3.05) is 13.1 Å². The number of nitrogens with zero attached hydrogens (tertiary/aromatic N) is 1. The van der Waals surface area contributed by atoms with E-state index in [4.69, 9.17) is 0 Å². The van der Waals surface area contributed by atoms with Gasteiger partial charge in [-0.25, -0.2) is 0 Å². The first kappa shape index (κ1) is 15.7. The summed E-state index contributed by atoms with van der Waals surface area (Å²) in [5.41, 5.74) is -0.882. The van der Waals surface area contributed by atoms with Crippen LogP contribution in [0.15, 0.2) is 35.3 Å². The number of nitrogens with one attached hydrogen (secondary N) is 1. The van der Waals surface area contributed by atoms with Gasteiger partial charge in [-0.1, -0.05) is 32.0 Å². The molecule has 0 aliphatic carbocycles. The molecule has 2 aromatic rings. The maximum atomic E-state index is 12.9. The van der Waals surface area contributed by atoms with E-state index in [2.05, 4.69) is 4.98 Å². The first-order valence-corrected chi connectivity index (χ1v) is 7.85. The van der Waals surface area contributed by atoms with Crippen molar-refractivity contribution in [3.8, 4) is 0 Å². The molecule has 1 aliphatic heterocycles. The van der Waals surface area contributed by atoms with E-state index in [0.717, 1.165) is 0 Å². The van der Waals surface area contributed by atoms with E-state index < -0.39 is 5.60 Å². The van der Waals surface area contributed by atoms with E-state index in [0.29, 0.717) is 35.8 Å². The Morgan fingerprint density at radius 1 is 1.22 bits per heavy atom. The molecule has 0 unspecified atom stereocenters. The zero-order chi connectivity index (χ0) is 16.8. The number of benzene rings is 1. The largest absolute Gasteiger partial charge is 0.389 e. The first-order valence-electron chi connectivity index (χ1n) is 7.85. The van der Waals surface area contributed by atoms with E-state index in [1.54, 1.807) is 23.1 Å². The number of aromatic amines is 1. The Labute approximate surface area is 134 Å². The minimum atomic E-state index is -0.795. The molecule has 0 saturated carbocycles. The van der Waals surface area contributed by atoms with Crippen LogP contribution in [-0.2, 0) is 0 Å². The van der Waals surface area contributed by atoms with Crippen molar-refractivity contribution in [3.63, 3.8) is 0 Å². The van der Waals surface area contributed by atoms with E-state index in [1.807, 2.05) is 26.8 Å².